The SMILES string of the molecule is CCCCCCCCCCCCCCCC(=O)OC(CO)COC(=O)CCCCCCCC. The molecule has 0 saturated heterocycles. The second-order valence-corrected chi connectivity index (χ2v) is 9.49. The van der Waals surface area contributed by atoms with Gasteiger partial charge < -0.3 is 14.6 Å². The van der Waals surface area contributed by atoms with Crippen LogP contribution in [0.15, 0.2) is 0 Å². The Morgan fingerprint density at radius 3 is 1.33 bits per heavy atom. The van der Waals surface area contributed by atoms with Gasteiger partial charge in [-0.2, -0.15) is 0 Å². The van der Waals surface area contributed by atoms with Crippen molar-refractivity contribution in [1.82, 2.24) is 0 Å². The summed E-state index contributed by atoms with van der Waals surface area (Å²) in [5.41, 5.74) is 0. The van der Waals surface area contributed by atoms with Crippen LogP contribution >= 0.6 is 0 Å². The maximum atomic E-state index is 12.0. The molecule has 0 aromatic carbocycles. The number of ether oxygens (including phenoxy) is 2. The van der Waals surface area contributed by atoms with Crippen molar-refractivity contribution < 1.29 is 24.2 Å². The third kappa shape index (κ3) is 23.8. The molecule has 0 heterocycles. The van der Waals surface area contributed by atoms with Crippen LogP contribution in [0.3, 0.4) is 0 Å². The smallest absolute Gasteiger partial charge is 0.306 e. The van der Waals surface area contributed by atoms with Gasteiger partial charge in [0.2, 0.25) is 0 Å². The van der Waals surface area contributed by atoms with Gasteiger partial charge in [-0.3, -0.25) is 9.59 Å². The molecule has 0 spiro atoms. The fraction of sp³-hybridized carbons (Fsp3) is 0.929. The lowest BCUT2D eigenvalue weighted by Crippen LogP contribution is -2.28. The summed E-state index contributed by atoms with van der Waals surface area (Å²) in [5, 5.41) is 9.40. The summed E-state index contributed by atoms with van der Waals surface area (Å²) in [6, 6.07) is 0. The zero-order chi connectivity index (χ0) is 24.4. The zero-order valence-corrected chi connectivity index (χ0v) is 21.9. The highest BCUT2D eigenvalue weighted by atomic mass is 16.6. The van der Waals surface area contributed by atoms with Gasteiger partial charge in [-0.15, -0.1) is 0 Å². The molecule has 1 atom stereocenters. The van der Waals surface area contributed by atoms with Crippen molar-refractivity contribution in [2.24, 2.45) is 0 Å². The van der Waals surface area contributed by atoms with Gasteiger partial charge in [-0.25, -0.2) is 0 Å². The molecule has 0 saturated carbocycles. The van der Waals surface area contributed by atoms with Crippen LogP contribution in [0.1, 0.15) is 149 Å². The molecule has 0 aromatic heterocycles. The van der Waals surface area contributed by atoms with Gasteiger partial charge in [0.1, 0.15) is 6.61 Å². The van der Waals surface area contributed by atoms with Crippen molar-refractivity contribution in [1.29, 1.82) is 0 Å². The van der Waals surface area contributed by atoms with Crippen LogP contribution in [0.25, 0.3) is 0 Å². The van der Waals surface area contributed by atoms with Crippen molar-refractivity contribution in [3.05, 3.63) is 0 Å². The van der Waals surface area contributed by atoms with Crippen LogP contribution in [-0.2, 0) is 19.1 Å². The average Bonchev–Trinajstić information content (AvgIpc) is 2.81. The summed E-state index contributed by atoms with van der Waals surface area (Å²) in [7, 11) is 0. The maximum Gasteiger partial charge on any atom is 0.306 e. The number of hydrogen-bond donors (Lipinski definition) is 1. The molecular formula is C28H54O5. The molecule has 0 aromatic rings. The van der Waals surface area contributed by atoms with E-state index in [0.717, 1.165) is 38.5 Å². The number of carbonyl (C=O) groups is 2. The lowest BCUT2D eigenvalue weighted by atomic mass is 10.0. The van der Waals surface area contributed by atoms with E-state index in [1.807, 2.05) is 0 Å². The molecule has 33 heavy (non-hydrogen) atoms. The Bertz CT molecular complexity index is 438. The summed E-state index contributed by atoms with van der Waals surface area (Å²) in [6.07, 6.45) is 23.1. The standard InChI is InChI=1S/C28H54O5/c1-3-5-7-9-11-12-13-14-15-16-17-19-21-23-28(31)33-26(24-29)25-32-27(30)22-20-18-10-8-6-4-2/h26,29H,3-25H2,1-2H3. The molecule has 196 valence electrons. The summed E-state index contributed by atoms with van der Waals surface area (Å²) < 4.78 is 10.4. The Hall–Kier alpha value is -1.10. The second-order valence-electron chi connectivity index (χ2n) is 9.49. The molecule has 1 N–H and O–H groups in total. The van der Waals surface area contributed by atoms with E-state index in [-0.39, 0.29) is 25.2 Å². The lowest BCUT2D eigenvalue weighted by Gasteiger charge is -2.15. The first-order chi connectivity index (χ1) is 16.1. The average molecular weight is 471 g/mol. The van der Waals surface area contributed by atoms with E-state index in [9.17, 15) is 14.7 Å². The number of aliphatic hydroxyl groups is 1. The second kappa shape index (κ2) is 25.5. The van der Waals surface area contributed by atoms with Crippen LogP contribution in [0, 0.1) is 0 Å². The Labute approximate surface area is 204 Å². The van der Waals surface area contributed by atoms with Gasteiger partial charge in [-0.05, 0) is 12.8 Å². The number of carbonyl (C=O) groups excluding carboxylic acids is 2. The van der Waals surface area contributed by atoms with E-state index in [0.29, 0.717) is 12.8 Å². The van der Waals surface area contributed by atoms with Gasteiger partial charge in [0, 0.05) is 12.8 Å². The van der Waals surface area contributed by atoms with Crippen molar-refractivity contribution >= 4 is 11.9 Å². The zero-order valence-electron chi connectivity index (χ0n) is 21.9. The van der Waals surface area contributed by atoms with Crippen LogP contribution in [0.5, 0.6) is 0 Å². The number of rotatable bonds is 25. The van der Waals surface area contributed by atoms with Crippen LogP contribution in [0.4, 0.5) is 0 Å². The van der Waals surface area contributed by atoms with Crippen molar-refractivity contribution in [3.63, 3.8) is 0 Å². The molecule has 0 aliphatic rings. The number of esters is 2. The van der Waals surface area contributed by atoms with Crippen LogP contribution < -0.4 is 0 Å². The predicted molar refractivity (Wildman–Crippen MR) is 136 cm³/mol. The van der Waals surface area contributed by atoms with Gasteiger partial charge in [0.05, 0.1) is 6.61 Å². The highest BCUT2D eigenvalue weighted by Crippen LogP contribution is 2.13. The number of unbranched alkanes of at least 4 members (excludes halogenated alkanes) is 17. The molecule has 5 nitrogen and oxygen atoms in total. The summed E-state index contributed by atoms with van der Waals surface area (Å²) in [5.74, 6) is -0.597. The van der Waals surface area contributed by atoms with Crippen molar-refractivity contribution in [2.75, 3.05) is 13.2 Å². The van der Waals surface area contributed by atoms with Crippen LogP contribution in [0.2, 0.25) is 0 Å². The predicted octanol–water partition coefficient (Wildman–Crippen LogP) is 7.67. The molecule has 0 aliphatic carbocycles. The normalized spacial score (nSPS) is 12.0. The molecule has 0 radical (unpaired) electrons. The third-order valence-corrected chi connectivity index (χ3v) is 6.15. The van der Waals surface area contributed by atoms with Gasteiger partial charge in [0.25, 0.3) is 0 Å². The molecule has 0 aliphatic heterocycles. The molecular weight excluding hydrogens is 416 g/mol. The highest BCUT2D eigenvalue weighted by molar-refractivity contribution is 5.70. The summed E-state index contributed by atoms with van der Waals surface area (Å²) in [4.78, 5) is 23.8. The first-order valence-corrected chi connectivity index (χ1v) is 14.1. The number of hydrogen-bond acceptors (Lipinski definition) is 5. The summed E-state index contributed by atoms with van der Waals surface area (Å²) in [6.45, 7) is 4.05. The molecule has 0 rings (SSSR count). The van der Waals surface area contributed by atoms with Gasteiger partial charge in [0.15, 0.2) is 6.10 Å². The minimum absolute atomic E-state index is 0.0600. The van der Waals surface area contributed by atoms with E-state index in [1.54, 1.807) is 0 Å². The minimum Gasteiger partial charge on any atom is -0.462 e. The molecule has 1 unspecified atom stereocenters. The number of aliphatic hydroxyl groups excluding tert-OH is 1. The lowest BCUT2D eigenvalue weighted by molar-refractivity contribution is -0.161. The Kier molecular flexibility index (Phi) is 24.7. The Balaban J connectivity index is 3.56. The maximum absolute atomic E-state index is 12.0. The third-order valence-electron chi connectivity index (χ3n) is 6.15. The van der Waals surface area contributed by atoms with Crippen molar-refractivity contribution in [2.45, 2.75) is 155 Å². The monoisotopic (exact) mass is 470 g/mol. The van der Waals surface area contributed by atoms with E-state index < -0.39 is 6.10 Å². The molecule has 0 bridgehead atoms. The van der Waals surface area contributed by atoms with Gasteiger partial charge in [-0.1, -0.05) is 123 Å². The minimum atomic E-state index is -0.757. The van der Waals surface area contributed by atoms with E-state index in [2.05, 4.69) is 13.8 Å². The Morgan fingerprint density at radius 1 is 0.576 bits per heavy atom. The first kappa shape index (κ1) is 31.9. The fourth-order valence-corrected chi connectivity index (χ4v) is 3.96. The largest absolute Gasteiger partial charge is 0.462 e. The van der Waals surface area contributed by atoms with Crippen LogP contribution in [-0.4, -0.2) is 36.4 Å². The van der Waals surface area contributed by atoms with Gasteiger partial charge >= 0.3 is 11.9 Å². The quantitative estimate of drug-likeness (QED) is 0.109. The summed E-state index contributed by atoms with van der Waals surface area (Å²) >= 11 is 0. The Morgan fingerprint density at radius 2 is 0.939 bits per heavy atom. The molecule has 0 amide bonds. The van der Waals surface area contributed by atoms with E-state index in [1.165, 1.54) is 83.5 Å². The van der Waals surface area contributed by atoms with E-state index >= 15 is 0 Å². The van der Waals surface area contributed by atoms with Crippen molar-refractivity contribution in [3.8, 4) is 0 Å². The first-order valence-electron chi connectivity index (χ1n) is 14.1. The van der Waals surface area contributed by atoms with E-state index in [4.69, 9.17) is 9.47 Å². The molecule has 0 fully saturated rings. The molecule has 5 heteroatoms. The fourth-order valence-electron chi connectivity index (χ4n) is 3.96. The highest BCUT2D eigenvalue weighted by Gasteiger charge is 2.16. The topological polar surface area (TPSA) is 72.8 Å².